The Kier molecular flexibility index (Phi) is 5.39. The van der Waals surface area contributed by atoms with Crippen LogP contribution in [0.1, 0.15) is 18.4 Å². The highest BCUT2D eigenvalue weighted by Gasteiger charge is 2.27. The summed E-state index contributed by atoms with van der Waals surface area (Å²) in [6.45, 7) is 1.38. The normalized spacial score (nSPS) is 16.1. The summed E-state index contributed by atoms with van der Waals surface area (Å²) in [6.07, 6.45) is 1.66. The Morgan fingerprint density at radius 1 is 1.04 bits per heavy atom. The average Bonchev–Trinajstić information content (AvgIpc) is 3.17. The summed E-state index contributed by atoms with van der Waals surface area (Å²) in [7, 11) is 0. The molecule has 28 heavy (non-hydrogen) atoms. The maximum atomic E-state index is 12.6. The van der Waals surface area contributed by atoms with Crippen molar-refractivity contribution in [2.24, 2.45) is 5.92 Å². The Morgan fingerprint density at radius 2 is 1.75 bits per heavy atom. The van der Waals surface area contributed by atoms with Gasteiger partial charge in [-0.05, 0) is 42.7 Å². The third-order valence-electron chi connectivity index (χ3n) is 5.13. The van der Waals surface area contributed by atoms with E-state index in [1.54, 1.807) is 30.3 Å². The van der Waals surface area contributed by atoms with Crippen molar-refractivity contribution in [1.82, 2.24) is 4.90 Å². The van der Waals surface area contributed by atoms with Crippen LogP contribution in [0.25, 0.3) is 0 Å². The van der Waals surface area contributed by atoms with Crippen LogP contribution in [0.3, 0.4) is 0 Å². The first-order valence-corrected chi connectivity index (χ1v) is 9.69. The fourth-order valence-electron chi connectivity index (χ4n) is 3.50. The lowest BCUT2D eigenvalue weighted by Crippen LogP contribution is -2.42. The molecule has 1 N–H and O–H groups in total. The van der Waals surface area contributed by atoms with Crippen LogP contribution < -0.4 is 14.8 Å². The van der Waals surface area contributed by atoms with Crippen molar-refractivity contribution in [1.29, 1.82) is 0 Å². The molecule has 2 aromatic carbocycles. The molecule has 0 spiro atoms. The number of ether oxygens (including phenoxy) is 2. The molecule has 4 rings (SSSR count). The second kappa shape index (κ2) is 8.10. The number of likely N-dealkylation sites (tertiary alicyclic amines) is 1. The van der Waals surface area contributed by atoms with Gasteiger partial charge in [0.25, 0.3) is 0 Å². The summed E-state index contributed by atoms with van der Waals surface area (Å²) in [5.74, 6) is 1.27. The zero-order valence-corrected chi connectivity index (χ0v) is 16.1. The van der Waals surface area contributed by atoms with E-state index in [0.717, 1.165) is 5.56 Å². The standard InChI is InChI=1S/C21H21ClN2O4/c22-16-3-1-14(2-4-16)11-20(25)24-9-7-15(8-10-24)21(26)23-17-5-6-18-19(12-17)28-13-27-18/h1-6,12,15H,7-11,13H2,(H,23,26). The second-order valence-corrected chi connectivity index (χ2v) is 7.45. The van der Waals surface area contributed by atoms with E-state index in [4.69, 9.17) is 21.1 Å². The van der Waals surface area contributed by atoms with Gasteiger partial charge in [-0.15, -0.1) is 0 Å². The summed E-state index contributed by atoms with van der Waals surface area (Å²) >= 11 is 5.88. The SMILES string of the molecule is O=C(Nc1ccc2c(c1)OCO2)C1CCN(C(=O)Cc2ccc(Cl)cc2)CC1. The molecular formula is C21H21ClN2O4. The van der Waals surface area contributed by atoms with Crippen molar-refractivity contribution in [2.75, 3.05) is 25.2 Å². The van der Waals surface area contributed by atoms with Crippen LogP contribution in [0.5, 0.6) is 11.5 Å². The van der Waals surface area contributed by atoms with Crippen LogP contribution in [-0.2, 0) is 16.0 Å². The zero-order valence-electron chi connectivity index (χ0n) is 15.3. The highest BCUT2D eigenvalue weighted by Crippen LogP contribution is 2.34. The molecule has 6 nitrogen and oxygen atoms in total. The zero-order chi connectivity index (χ0) is 19.5. The maximum Gasteiger partial charge on any atom is 0.231 e. The van der Waals surface area contributed by atoms with E-state index >= 15 is 0 Å². The van der Waals surface area contributed by atoms with Crippen LogP contribution in [0.15, 0.2) is 42.5 Å². The lowest BCUT2D eigenvalue weighted by atomic mass is 9.95. The van der Waals surface area contributed by atoms with Gasteiger partial charge in [0, 0.05) is 35.8 Å². The van der Waals surface area contributed by atoms with Gasteiger partial charge in [0.15, 0.2) is 11.5 Å². The van der Waals surface area contributed by atoms with E-state index in [1.165, 1.54) is 0 Å². The van der Waals surface area contributed by atoms with Crippen molar-refractivity contribution >= 4 is 29.1 Å². The van der Waals surface area contributed by atoms with E-state index in [-0.39, 0.29) is 24.5 Å². The third-order valence-corrected chi connectivity index (χ3v) is 5.38. The molecule has 0 unspecified atom stereocenters. The van der Waals surface area contributed by atoms with Gasteiger partial charge >= 0.3 is 0 Å². The first-order valence-electron chi connectivity index (χ1n) is 9.31. The van der Waals surface area contributed by atoms with Crippen molar-refractivity contribution in [3.8, 4) is 11.5 Å². The van der Waals surface area contributed by atoms with Crippen molar-refractivity contribution in [3.63, 3.8) is 0 Å². The van der Waals surface area contributed by atoms with Crippen molar-refractivity contribution in [3.05, 3.63) is 53.1 Å². The van der Waals surface area contributed by atoms with Crippen LogP contribution in [-0.4, -0.2) is 36.6 Å². The Labute approximate surface area is 168 Å². The van der Waals surface area contributed by atoms with Gasteiger partial charge in [0.05, 0.1) is 6.42 Å². The second-order valence-electron chi connectivity index (χ2n) is 7.02. The summed E-state index contributed by atoms with van der Waals surface area (Å²) in [5, 5.41) is 3.60. The Morgan fingerprint density at radius 3 is 2.50 bits per heavy atom. The van der Waals surface area contributed by atoms with E-state index < -0.39 is 0 Å². The number of benzene rings is 2. The highest BCUT2D eigenvalue weighted by molar-refractivity contribution is 6.30. The molecule has 2 amide bonds. The van der Waals surface area contributed by atoms with Gasteiger partial charge in [-0.3, -0.25) is 9.59 Å². The smallest absolute Gasteiger partial charge is 0.231 e. The molecule has 0 aliphatic carbocycles. The monoisotopic (exact) mass is 400 g/mol. The number of halogens is 1. The first kappa shape index (κ1) is 18.6. The number of piperidine rings is 1. The summed E-state index contributed by atoms with van der Waals surface area (Å²) < 4.78 is 10.6. The quantitative estimate of drug-likeness (QED) is 0.853. The maximum absolute atomic E-state index is 12.6. The van der Waals surface area contributed by atoms with Gasteiger partial charge < -0.3 is 19.7 Å². The first-order chi connectivity index (χ1) is 13.6. The lowest BCUT2D eigenvalue weighted by Gasteiger charge is -2.31. The molecule has 1 saturated heterocycles. The molecule has 7 heteroatoms. The number of amides is 2. The predicted octanol–water partition coefficient (Wildman–Crippen LogP) is 3.49. The molecule has 146 valence electrons. The number of nitrogens with one attached hydrogen (secondary N) is 1. The molecule has 2 aromatic rings. The molecule has 0 saturated carbocycles. The minimum absolute atomic E-state index is 0.0244. The van der Waals surface area contributed by atoms with Crippen molar-refractivity contribution < 1.29 is 19.1 Å². The Balaban J connectivity index is 1.28. The van der Waals surface area contributed by atoms with Gasteiger partial charge in [0.2, 0.25) is 18.6 Å². The number of fused-ring (bicyclic) bond motifs is 1. The summed E-state index contributed by atoms with van der Waals surface area (Å²) in [4.78, 5) is 26.9. The molecule has 0 aromatic heterocycles. The van der Waals surface area contributed by atoms with E-state index in [2.05, 4.69) is 5.32 Å². The lowest BCUT2D eigenvalue weighted by molar-refractivity contribution is -0.133. The molecule has 2 heterocycles. The van der Waals surface area contributed by atoms with Gasteiger partial charge in [-0.2, -0.15) is 0 Å². The number of hydrogen-bond donors (Lipinski definition) is 1. The molecule has 0 bridgehead atoms. The van der Waals surface area contributed by atoms with Crippen LogP contribution in [0.2, 0.25) is 5.02 Å². The molecule has 1 fully saturated rings. The highest BCUT2D eigenvalue weighted by atomic mass is 35.5. The van der Waals surface area contributed by atoms with E-state index in [9.17, 15) is 9.59 Å². The largest absolute Gasteiger partial charge is 0.454 e. The van der Waals surface area contributed by atoms with E-state index in [1.807, 2.05) is 17.0 Å². The number of carbonyl (C=O) groups excluding carboxylic acids is 2. The van der Waals surface area contributed by atoms with Gasteiger partial charge in [0.1, 0.15) is 0 Å². The Hall–Kier alpha value is -2.73. The van der Waals surface area contributed by atoms with Gasteiger partial charge in [-0.1, -0.05) is 23.7 Å². The minimum Gasteiger partial charge on any atom is -0.454 e. The molecule has 0 radical (unpaired) electrons. The van der Waals surface area contributed by atoms with Gasteiger partial charge in [-0.25, -0.2) is 0 Å². The number of rotatable bonds is 4. The number of anilines is 1. The number of carbonyl (C=O) groups is 2. The van der Waals surface area contributed by atoms with Crippen LogP contribution >= 0.6 is 11.6 Å². The van der Waals surface area contributed by atoms with Crippen LogP contribution in [0, 0.1) is 5.92 Å². The third kappa shape index (κ3) is 4.22. The Bertz CT molecular complexity index is 876. The average molecular weight is 401 g/mol. The minimum atomic E-state index is -0.106. The van der Waals surface area contributed by atoms with E-state index in [0.29, 0.717) is 54.6 Å². The summed E-state index contributed by atoms with van der Waals surface area (Å²) in [6, 6.07) is 12.7. The topological polar surface area (TPSA) is 67.9 Å². The number of nitrogens with zero attached hydrogens (tertiary/aromatic N) is 1. The van der Waals surface area contributed by atoms with Crippen LogP contribution in [0.4, 0.5) is 5.69 Å². The fraction of sp³-hybridized carbons (Fsp3) is 0.333. The predicted molar refractivity (Wildman–Crippen MR) is 106 cm³/mol. The molecular weight excluding hydrogens is 380 g/mol. The molecule has 2 aliphatic heterocycles. The number of hydrogen-bond acceptors (Lipinski definition) is 4. The summed E-state index contributed by atoms with van der Waals surface area (Å²) in [5.41, 5.74) is 1.63. The molecule has 2 aliphatic rings. The fourth-order valence-corrected chi connectivity index (χ4v) is 3.62. The molecule has 0 atom stereocenters. The van der Waals surface area contributed by atoms with Crippen molar-refractivity contribution in [2.45, 2.75) is 19.3 Å².